The van der Waals surface area contributed by atoms with E-state index >= 15 is 0 Å². The summed E-state index contributed by atoms with van der Waals surface area (Å²) in [5.74, 6) is 2.71. The first kappa shape index (κ1) is 49.5. The highest BCUT2D eigenvalue weighted by Gasteiger charge is 2.17. The number of aromatic nitrogens is 2. The Labute approximate surface area is 399 Å². The molecule has 0 amide bonds. The summed E-state index contributed by atoms with van der Waals surface area (Å²) < 4.78 is 28.9. The van der Waals surface area contributed by atoms with Crippen molar-refractivity contribution in [3.05, 3.63) is 193 Å². The lowest BCUT2D eigenvalue weighted by Crippen LogP contribution is -2.30. The van der Waals surface area contributed by atoms with Crippen LogP contribution in [-0.2, 0) is 18.0 Å². The molecule has 0 atom stereocenters. The third kappa shape index (κ3) is 15.6. The standard InChI is InChI=1S/C23H17NO4S.C13H12INO3S.C12H11BO3.CH4/c25-23(26)20-15-29-22(24-20)14-27-17-12-10-16(11-13-17)19-8-4-5-9-21(19)28-18-6-2-1-3-7-18;1-2-17-13(16)11-8-19-12(15-11)7-18-10-5-3-9(14)4-6-10;14-13(15)11-8-4-5-9-12(11)16-10-6-2-1-3-7-10;/h1-13,15H,14H2,(H,25,26);3-6,8H,2,7H2,1H3;1-9,14-15H;1H4. The van der Waals surface area contributed by atoms with E-state index < -0.39 is 13.1 Å². The average Bonchev–Trinajstić information content (AvgIpc) is 4.01. The zero-order valence-electron chi connectivity index (χ0n) is 34.2. The number of rotatable bonds is 15. The lowest BCUT2D eigenvalue weighted by atomic mass is 9.79. The molecule has 0 fully saturated rings. The molecule has 8 rings (SSSR count). The van der Waals surface area contributed by atoms with Gasteiger partial charge in [-0.2, -0.15) is 0 Å². The molecule has 12 nitrogen and oxygen atoms in total. The highest BCUT2D eigenvalue weighted by Crippen LogP contribution is 2.34. The van der Waals surface area contributed by atoms with Gasteiger partial charge in [-0.3, -0.25) is 0 Å². The fraction of sp³-hybridized carbons (Fsp3) is 0.102. The maximum Gasteiger partial charge on any atom is 0.492 e. The van der Waals surface area contributed by atoms with Crippen LogP contribution >= 0.6 is 45.3 Å². The van der Waals surface area contributed by atoms with Gasteiger partial charge in [-0.25, -0.2) is 19.6 Å². The van der Waals surface area contributed by atoms with E-state index in [4.69, 9.17) is 38.8 Å². The summed E-state index contributed by atoms with van der Waals surface area (Å²) in [6.07, 6.45) is 0. The number of ether oxygens (including phenoxy) is 5. The molecule has 332 valence electrons. The second-order valence-corrected chi connectivity index (χ2v) is 16.2. The molecule has 2 heterocycles. The Morgan fingerprint density at radius 2 is 1.08 bits per heavy atom. The largest absolute Gasteiger partial charge is 0.492 e. The lowest BCUT2D eigenvalue weighted by molar-refractivity contribution is 0.0519. The molecule has 0 spiro atoms. The van der Waals surface area contributed by atoms with Crippen LogP contribution in [0.25, 0.3) is 11.1 Å². The van der Waals surface area contributed by atoms with Gasteiger partial charge in [0.2, 0.25) is 0 Å². The van der Waals surface area contributed by atoms with Gasteiger partial charge in [0.05, 0.1) is 6.61 Å². The first-order valence-corrected chi connectivity index (χ1v) is 22.4. The van der Waals surface area contributed by atoms with Gasteiger partial charge in [-0.05, 0) is 108 Å². The Balaban J connectivity index is 0.000000192. The molecule has 8 aromatic rings. The number of para-hydroxylation sites is 4. The quantitative estimate of drug-likeness (QED) is 0.0506. The average molecular weight is 1020 g/mol. The van der Waals surface area contributed by atoms with E-state index in [1.807, 2.05) is 121 Å². The maximum atomic E-state index is 11.5. The number of carboxylic acids is 1. The van der Waals surface area contributed by atoms with Crippen molar-refractivity contribution in [2.75, 3.05) is 6.61 Å². The topological polar surface area (TPSA) is 167 Å². The first-order chi connectivity index (χ1) is 31.1. The van der Waals surface area contributed by atoms with Gasteiger partial charge < -0.3 is 38.8 Å². The van der Waals surface area contributed by atoms with Crippen molar-refractivity contribution in [1.82, 2.24) is 9.97 Å². The number of carbonyl (C=O) groups is 2. The van der Waals surface area contributed by atoms with Crippen molar-refractivity contribution in [3.8, 4) is 45.6 Å². The number of thiazole rings is 2. The van der Waals surface area contributed by atoms with Gasteiger partial charge in [-0.15, -0.1) is 22.7 Å². The summed E-state index contributed by atoms with van der Waals surface area (Å²) in [4.78, 5) is 30.5. The number of aromatic carboxylic acids is 1. The van der Waals surface area contributed by atoms with Gasteiger partial charge in [0.25, 0.3) is 0 Å². The molecule has 0 aliphatic carbocycles. The molecule has 0 saturated heterocycles. The van der Waals surface area contributed by atoms with Crippen molar-refractivity contribution in [2.24, 2.45) is 0 Å². The predicted octanol–water partition coefficient (Wildman–Crippen LogP) is 11.2. The van der Waals surface area contributed by atoms with Crippen LogP contribution in [0.4, 0.5) is 0 Å². The van der Waals surface area contributed by atoms with E-state index in [0.29, 0.717) is 46.6 Å². The Hall–Kier alpha value is -6.57. The summed E-state index contributed by atoms with van der Waals surface area (Å²) in [5.41, 5.74) is 2.72. The predicted molar refractivity (Wildman–Crippen MR) is 263 cm³/mol. The second kappa shape index (κ2) is 25.7. The van der Waals surface area contributed by atoms with E-state index in [0.717, 1.165) is 37.0 Å². The van der Waals surface area contributed by atoms with E-state index in [2.05, 4.69) is 32.6 Å². The molecule has 16 heteroatoms. The summed E-state index contributed by atoms with van der Waals surface area (Å²) in [5, 5.41) is 31.8. The van der Waals surface area contributed by atoms with E-state index in [1.54, 1.807) is 48.7 Å². The zero-order valence-corrected chi connectivity index (χ0v) is 37.9. The summed E-state index contributed by atoms with van der Waals surface area (Å²) in [7, 11) is -1.53. The van der Waals surface area contributed by atoms with Crippen molar-refractivity contribution < 1.29 is 48.4 Å². The molecule has 0 aliphatic heterocycles. The number of nitrogens with zero attached hydrogens (tertiary/aromatic N) is 2. The second-order valence-electron chi connectivity index (χ2n) is 13.1. The Morgan fingerprint density at radius 1 is 0.600 bits per heavy atom. The maximum absolute atomic E-state index is 11.5. The minimum Gasteiger partial charge on any atom is -0.486 e. The minimum atomic E-state index is -1.53. The Kier molecular flexibility index (Phi) is 19.5. The zero-order chi connectivity index (χ0) is 45.1. The van der Waals surface area contributed by atoms with E-state index in [9.17, 15) is 9.59 Å². The number of carbonyl (C=O) groups excluding carboxylic acids is 1. The van der Waals surface area contributed by atoms with Crippen molar-refractivity contribution in [1.29, 1.82) is 0 Å². The molecule has 0 saturated carbocycles. The smallest absolute Gasteiger partial charge is 0.486 e. The van der Waals surface area contributed by atoms with Crippen LogP contribution in [-0.4, -0.2) is 50.8 Å². The molecular weight excluding hydrogens is 978 g/mol. The fourth-order valence-electron chi connectivity index (χ4n) is 5.51. The number of benzene rings is 6. The van der Waals surface area contributed by atoms with Gasteiger partial charge >= 0.3 is 19.1 Å². The van der Waals surface area contributed by atoms with Gasteiger partial charge in [0.15, 0.2) is 11.4 Å². The molecule has 2 aromatic heterocycles. The van der Waals surface area contributed by atoms with Gasteiger partial charge in [-0.1, -0.05) is 92.4 Å². The van der Waals surface area contributed by atoms with Crippen LogP contribution in [0, 0.1) is 3.57 Å². The number of halogens is 1. The number of carboxylic acid groups (broad SMARTS) is 1. The SMILES string of the molecule is C.CCOC(=O)c1csc(COc2ccc(I)cc2)n1.O=C(O)c1csc(COc2ccc(-c3ccccc3Oc3ccccc3)cc2)n1.OB(O)c1ccccc1Oc1ccccc1. The third-order valence-corrected chi connectivity index (χ3v) is 10.9. The minimum absolute atomic E-state index is 0. The highest BCUT2D eigenvalue weighted by atomic mass is 127. The number of esters is 1. The first-order valence-electron chi connectivity index (χ1n) is 19.6. The van der Waals surface area contributed by atoms with Gasteiger partial charge in [0, 0.05) is 25.4 Å². The van der Waals surface area contributed by atoms with Crippen molar-refractivity contribution >= 4 is 69.8 Å². The van der Waals surface area contributed by atoms with Crippen LogP contribution in [0.2, 0.25) is 0 Å². The number of hydrogen-bond donors (Lipinski definition) is 3. The van der Waals surface area contributed by atoms with E-state index in [-0.39, 0.29) is 25.7 Å². The highest BCUT2D eigenvalue weighted by molar-refractivity contribution is 14.1. The Bertz CT molecular complexity index is 2680. The fourth-order valence-corrected chi connectivity index (χ4v) is 7.23. The summed E-state index contributed by atoms with van der Waals surface area (Å²) in [6.45, 7) is 2.70. The van der Waals surface area contributed by atoms with Crippen molar-refractivity contribution in [3.63, 3.8) is 0 Å². The molecule has 3 N–H and O–H groups in total. The molecule has 6 aromatic carbocycles. The number of hydrogen-bond acceptors (Lipinski definition) is 13. The van der Waals surface area contributed by atoms with Gasteiger partial charge in [0.1, 0.15) is 57.7 Å². The monoisotopic (exact) mass is 1020 g/mol. The van der Waals surface area contributed by atoms with Crippen LogP contribution in [0.3, 0.4) is 0 Å². The molecule has 0 radical (unpaired) electrons. The van der Waals surface area contributed by atoms with Crippen LogP contribution in [0.15, 0.2) is 168 Å². The van der Waals surface area contributed by atoms with Crippen LogP contribution in [0.1, 0.15) is 45.3 Å². The lowest BCUT2D eigenvalue weighted by Gasteiger charge is -2.12. The summed E-state index contributed by atoms with van der Waals surface area (Å²) >= 11 is 4.89. The third-order valence-electron chi connectivity index (χ3n) is 8.54. The summed E-state index contributed by atoms with van der Waals surface area (Å²) in [6, 6.07) is 49.0. The molecular formula is C49H44BIN2O10S2. The van der Waals surface area contributed by atoms with E-state index in [1.165, 1.54) is 28.1 Å². The van der Waals surface area contributed by atoms with Crippen LogP contribution in [0.5, 0.6) is 34.5 Å². The van der Waals surface area contributed by atoms with Crippen LogP contribution < -0.4 is 24.4 Å². The molecule has 0 aliphatic rings. The molecule has 65 heavy (non-hydrogen) atoms. The Morgan fingerprint density at radius 3 is 1.62 bits per heavy atom. The van der Waals surface area contributed by atoms with Crippen molar-refractivity contribution in [2.45, 2.75) is 27.6 Å². The normalized spacial score (nSPS) is 10.1. The molecule has 0 unspecified atom stereocenters. The molecule has 0 bridgehead atoms.